The molecule has 0 spiro atoms. The van der Waals surface area contributed by atoms with Gasteiger partial charge in [0.2, 0.25) is 0 Å². The Labute approximate surface area is 91.2 Å². The lowest BCUT2D eigenvalue weighted by atomic mass is 10.1. The third-order valence-corrected chi connectivity index (χ3v) is 2.27. The summed E-state index contributed by atoms with van der Waals surface area (Å²) in [5.74, 6) is 0.853. The van der Waals surface area contributed by atoms with E-state index < -0.39 is 0 Å². The minimum absolute atomic E-state index is 0.187. The molecule has 0 aromatic heterocycles. The van der Waals surface area contributed by atoms with Crippen LogP contribution in [0.15, 0.2) is 36.4 Å². The molecule has 2 heteroatoms. The van der Waals surface area contributed by atoms with E-state index in [4.69, 9.17) is 9.84 Å². The van der Waals surface area contributed by atoms with Gasteiger partial charge in [-0.25, -0.2) is 0 Å². The van der Waals surface area contributed by atoms with Gasteiger partial charge < -0.3 is 9.84 Å². The van der Waals surface area contributed by atoms with E-state index in [9.17, 15) is 0 Å². The van der Waals surface area contributed by atoms with Crippen LogP contribution in [-0.2, 0) is 6.42 Å². The summed E-state index contributed by atoms with van der Waals surface area (Å²) in [5, 5.41) is 8.75. The van der Waals surface area contributed by atoms with Gasteiger partial charge in [0.15, 0.2) is 0 Å². The van der Waals surface area contributed by atoms with Crippen molar-refractivity contribution in [3.63, 3.8) is 0 Å². The highest BCUT2D eigenvalue weighted by Gasteiger charge is 1.96. The van der Waals surface area contributed by atoms with Crippen molar-refractivity contribution in [2.24, 2.45) is 0 Å². The first-order chi connectivity index (χ1) is 7.26. The highest BCUT2D eigenvalue weighted by atomic mass is 16.5. The summed E-state index contributed by atoms with van der Waals surface area (Å²) in [6, 6.07) is 7.79. The van der Waals surface area contributed by atoms with Gasteiger partial charge in [0, 0.05) is 6.61 Å². The Morgan fingerprint density at radius 2 is 2.00 bits per heavy atom. The van der Waals surface area contributed by atoms with Crippen LogP contribution in [0.5, 0.6) is 5.75 Å². The first kappa shape index (κ1) is 11.8. The number of benzene rings is 1. The molecule has 2 nitrogen and oxygen atoms in total. The standard InChI is InChI=1S/C13H18O2/c1-3-11(2)10-15-13-6-4-12(5-7-13)8-9-14/h4-7,14H,2-3,8-10H2,1H3. The minimum Gasteiger partial charge on any atom is -0.489 e. The van der Waals surface area contributed by atoms with Crippen LogP contribution < -0.4 is 4.74 Å². The van der Waals surface area contributed by atoms with E-state index in [-0.39, 0.29) is 6.61 Å². The fourth-order valence-electron chi connectivity index (χ4n) is 1.17. The molecule has 0 aliphatic carbocycles. The summed E-state index contributed by atoms with van der Waals surface area (Å²) in [7, 11) is 0. The van der Waals surface area contributed by atoms with Crippen molar-refractivity contribution >= 4 is 0 Å². The van der Waals surface area contributed by atoms with E-state index in [2.05, 4.69) is 13.5 Å². The second kappa shape index (κ2) is 6.25. The van der Waals surface area contributed by atoms with Crippen molar-refractivity contribution in [2.75, 3.05) is 13.2 Å². The third-order valence-electron chi connectivity index (χ3n) is 2.27. The van der Waals surface area contributed by atoms with Crippen LogP contribution in [0.1, 0.15) is 18.9 Å². The molecule has 1 aromatic carbocycles. The van der Waals surface area contributed by atoms with Crippen LogP contribution >= 0.6 is 0 Å². The van der Waals surface area contributed by atoms with Crippen LogP contribution in [0.4, 0.5) is 0 Å². The quantitative estimate of drug-likeness (QED) is 0.725. The zero-order chi connectivity index (χ0) is 11.1. The maximum absolute atomic E-state index is 8.75. The van der Waals surface area contributed by atoms with Crippen molar-refractivity contribution < 1.29 is 9.84 Å². The van der Waals surface area contributed by atoms with Crippen molar-refractivity contribution in [3.05, 3.63) is 42.0 Å². The lowest BCUT2D eigenvalue weighted by Gasteiger charge is -2.07. The predicted molar refractivity (Wildman–Crippen MR) is 62.2 cm³/mol. The Hall–Kier alpha value is -1.28. The molecule has 1 aromatic rings. The second-order valence-corrected chi connectivity index (χ2v) is 3.51. The molecule has 0 atom stereocenters. The van der Waals surface area contributed by atoms with Crippen LogP contribution in [-0.4, -0.2) is 18.3 Å². The van der Waals surface area contributed by atoms with Crippen LogP contribution in [0, 0.1) is 0 Å². The fourth-order valence-corrected chi connectivity index (χ4v) is 1.17. The molecular weight excluding hydrogens is 188 g/mol. The predicted octanol–water partition coefficient (Wildman–Crippen LogP) is 2.57. The second-order valence-electron chi connectivity index (χ2n) is 3.51. The van der Waals surface area contributed by atoms with Crippen molar-refractivity contribution in [2.45, 2.75) is 19.8 Å². The minimum atomic E-state index is 0.187. The molecule has 1 N–H and O–H groups in total. The first-order valence-electron chi connectivity index (χ1n) is 5.25. The molecule has 0 radical (unpaired) electrons. The van der Waals surface area contributed by atoms with Gasteiger partial charge in [0.25, 0.3) is 0 Å². The molecule has 0 heterocycles. The van der Waals surface area contributed by atoms with E-state index in [0.29, 0.717) is 13.0 Å². The van der Waals surface area contributed by atoms with E-state index in [1.807, 2.05) is 24.3 Å². The van der Waals surface area contributed by atoms with Crippen LogP contribution in [0.3, 0.4) is 0 Å². The Morgan fingerprint density at radius 3 is 2.53 bits per heavy atom. The third kappa shape index (κ3) is 4.17. The normalized spacial score (nSPS) is 10.0. The largest absolute Gasteiger partial charge is 0.489 e. The van der Waals surface area contributed by atoms with Gasteiger partial charge in [-0.15, -0.1) is 0 Å². The molecule has 0 unspecified atom stereocenters. The average Bonchev–Trinajstić information content (AvgIpc) is 2.28. The number of rotatable bonds is 6. The molecule has 15 heavy (non-hydrogen) atoms. The Bertz CT molecular complexity index is 301. The maximum atomic E-state index is 8.75. The van der Waals surface area contributed by atoms with Crippen molar-refractivity contribution in [1.82, 2.24) is 0 Å². The number of aliphatic hydroxyl groups excluding tert-OH is 1. The fraction of sp³-hybridized carbons (Fsp3) is 0.385. The number of hydrogen-bond acceptors (Lipinski definition) is 2. The van der Waals surface area contributed by atoms with Gasteiger partial charge in [-0.1, -0.05) is 25.6 Å². The highest BCUT2D eigenvalue weighted by molar-refractivity contribution is 5.27. The lowest BCUT2D eigenvalue weighted by molar-refractivity contribution is 0.299. The van der Waals surface area contributed by atoms with E-state index in [1.54, 1.807) is 0 Å². The molecule has 0 saturated heterocycles. The van der Waals surface area contributed by atoms with Gasteiger partial charge >= 0.3 is 0 Å². The molecule has 82 valence electrons. The summed E-state index contributed by atoms with van der Waals surface area (Å²) in [4.78, 5) is 0. The summed E-state index contributed by atoms with van der Waals surface area (Å²) in [6.45, 7) is 6.71. The molecule has 0 bridgehead atoms. The smallest absolute Gasteiger partial charge is 0.119 e. The summed E-state index contributed by atoms with van der Waals surface area (Å²) < 4.78 is 5.53. The SMILES string of the molecule is C=C(CC)COc1ccc(CCO)cc1. The molecule has 0 saturated carbocycles. The first-order valence-corrected chi connectivity index (χ1v) is 5.25. The average molecular weight is 206 g/mol. The van der Waals surface area contributed by atoms with Gasteiger partial charge in [-0.05, 0) is 36.1 Å². The molecule has 0 aliphatic heterocycles. The lowest BCUT2D eigenvalue weighted by Crippen LogP contribution is -1.99. The number of aliphatic hydroxyl groups is 1. The van der Waals surface area contributed by atoms with E-state index >= 15 is 0 Å². The molecule has 0 aliphatic rings. The molecule has 0 fully saturated rings. The monoisotopic (exact) mass is 206 g/mol. The zero-order valence-electron chi connectivity index (χ0n) is 9.20. The molecule has 1 rings (SSSR count). The maximum Gasteiger partial charge on any atom is 0.119 e. The summed E-state index contributed by atoms with van der Waals surface area (Å²) in [6.07, 6.45) is 1.64. The van der Waals surface area contributed by atoms with Gasteiger partial charge in [-0.2, -0.15) is 0 Å². The molecular formula is C13H18O2. The summed E-state index contributed by atoms with van der Waals surface area (Å²) >= 11 is 0. The van der Waals surface area contributed by atoms with E-state index in [1.165, 1.54) is 0 Å². The highest BCUT2D eigenvalue weighted by Crippen LogP contribution is 2.13. The van der Waals surface area contributed by atoms with Gasteiger partial charge in [0.1, 0.15) is 12.4 Å². The topological polar surface area (TPSA) is 29.5 Å². The molecule has 0 amide bonds. The van der Waals surface area contributed by atoms with Crippen LogP contribution in [0.2, 0.25) is 0 Å². The Kier molecular flexibility index (Phi) is 4.91. The van der Waals surface area contributed by atoms with Gasteiger partial charge in [0.05, 0.1) is 0 Å². The van der Waals surface area contributed by atoms with Crippen molar-refractivity contribution in [1.29, 1.82) is 0 Å². The number of ether oxygens (including phenoxy) is 1. The summed E-state index contributed by atoms with van der Waals surface area (Å²) in [5.41, 5.74) is 2.22. The van der Waals surface area contributed by atoms with Crippen LogP contribution in [0.25, 0.3) is 0 Å². The van der Waals surface area contributed by atoms with Crippen molar-refractivity contribution in [3.8, 4) is 5.75 Å². The van der Waals surface area contributed by atoms with E-state index in [0.717, 1.165) is 23.3 Å². The zero-order valence-corrected chi connectivity index (χ0v) is 9.20. The Balaban J connectivity index is 2.45. The number of hydrogen-bond donors (Lipinski definition) is 1. The Morgan fingerprint density at radius 1 is 1.33 bits per heavy atom. The van der Waals surface area contributed by atoms with Gasteiger partial charge in [-0.3, -0.25) is 0 Å².